The van der Waals surface area contributed by atoms with Crippen LogP contribution >= 0.6 is 11.6 Å². The zero-order valence-electron chi connectivity index (χ0n) is 9.90. The third-order valence-corrected chi connectivity index (χ3v) is 2.57. The minimum Gasteiger partial charge on any atom is -0.318 e. The van der Waals surface area contributed by atoms with Gasteiger partial charge in [-0.2, -0.15) is 0 Å². The number of carbonyl (C=O) groups excluding carboxylic acids is 1. The van der Waals surface area contributed by atoms with Gasteiger partial charge in [-0.1, -0.05) is 28.6 Å². The molecule has 17 heavy (non-hydrogen) atoms. The second-order valence-electron chi connectivity index (χ2n) is 4.81. The molecule has 1 heterocycles. The summed E-state index contributed by atoms with van der Waals surface area (Å²) in [4.78, 5) is 18.1. The molecule has 0 amide bonds. The average molecular weight is 253 g/mol. The summed E-state index contributed by atoms with van der Waals surface area (Å²) in [7, 11) is 0. The smallest absolute Gasteiger partial charge is 0.318 e. The highest BCUT2D eigenvalue weighted by molar-refractivity contribution is 6.34. The molecule has 0 aliphatic rings. The minimum absolute atomic E-state index is 0.322. The number of carbonyl (C=O) groups is 1. The van der Waals surface area contributed by atoms with Gasteiger partial charge in [0, 0.05) is 5.39 Å². The molecule has 5 heteroatoms. The van der Waals surface area contributed by atoms with Crippen molar-refractivity contribution in [2.45, 2.75) is 20.8 Å². The van der Waals surface area contributed by atoms with E-state index in [1.807, 2.05) is 18.2 Å². The number of hydrogen-bond acceptors (Lipinski definition) is 3. The lowest BCUT2D eigenvalue weighted by Crippen LogP contribution is -2.31. The largest absolute Gasteiger partial charge is 0.340 e. The first-order chi connectivity index (χ1) is 7.89. The number of aromatic nitrogens is 2. The lowest BCUT2D eigenvalue weighted by atomic mass is 9.98. The lowest BCUT2D eigenvalue weighted by molar-refractivity contribution is -0.154. The maximum atomic E-state index is 11.8. The quantitative estimate of drug-likeness (QED) is 0.784. The van der Waals surface area contributed by atoms with Crippen LogP contribution < -0.4 is 4.84 Å². The Morgan fingerprint density at radius 3 is 2.65 bits per heavy atom. The fourth-order valence-corrected chi connectivity index (χ4v) is 1.52. The minimum atomic E-state index is -0.584. The summed E-state index contributed by atoms with van der Waals surface area (Å²) in [6.45, 7) is 5.34. The molecule has 0 fully saturated rings. The summed E-state index contributed by atoms with van der Waals surface area (Å²) in [5.74, 6) is -0.359. The van der Waals surface area contributed by atoms with Gasteiger partial charge in [0.05, 0.1) is 5.41 Å². The Hall–Kier alpha value is -1.55. The first-order valence-corrected chi connectivity index (χ1v) is 5.63. The normalized spacial score (nSPS) is 11.8. The van der Waals surface area contributed by atoms with E-state index in [-0.39, 0.29) is 5.97 Å². The van der Waals surface area contributed by atoms with Crippen molar-refractivity contribution < 1.29 is 9.63 Å². The van der Waals surface area contributed by atoms with Gasteiger partial charge in [-0.15, -0.1) is 5.10 Å². The number of para-hydroxylation sites is 1. The van der Waals surface area contributed by atoms with Crippen molar-refractivity contribution in [3.63, 3.8) is 0 Å². The monoisotopic (exact) mass is 252 g/mol. The van der Waals surface area contributed by atoms with Crippen LogP contribution in [0.3, 0.4) is 0 Å². The van der Waals surface area contributed by atoms with E-state index in [1.165, 1.54) is 4.85 Å². The Balaban J connectivity index is 2.41. The molecule has 90 valence electrons. The van der Waals surface area contributed by atoms with Crippen molar-refractivity contribution in [2.24, 2.45) is 5.41 Å². The van der Waals surface area contributed by atoms with Crippen molar-refractivity contribution in [2.75, 3.05) is 0 Å². The topological polar surface area (TPSA) is 44.1 Å². The van der Waals surface area contributed by atoms with Gasteiger partial charge in [-0.3, -0.25) is 0 Å². The number of halogens is 1. The van der Waals surface area contributed by atoms with E-state index in [0.29, 0.717) is 10.7 Å². The molecule has 0 bridgehead atoms. The fraction of sp³-hybridized carbons (Fsp3) is 0.333. The lowest BCUT2D eigenvalue weighted by Gasteiger charge is -2.15. The molecule has 0 aliphatic carbocycles. The summed E-state index contributed by atoms with van der Waals surface area (Å²) in [6, 6.07) is 7.31. The van der Waals surface area contributed by atoms with Crippen LogP contribution in [0.5, 0.6) is 0 Å². The standard InChI is InChI=1S/C12H13ClN2O2/c1-12(2,3)11(16)17-15-9-7-5-4-6-8(9)10(13)14-15/h4-7H,1-3H3. The average Bonchev–Trinajstić information content (AvgIpc) is 2.56. The van der Waals surface area contributed by atoms with Crippen molar-refractivity contribution in [3.8, 4) is 0 Å². The summed E-state index contributed by atoms with van der Waals surface area (Å²) >= 11 is 5.95. The van der Waals surface area contributed by atoms with Gasteiger partial charge in [-0.25, -0.2) is 4.79 Å². The van der Waals surface area contributed by atoms with E-state index in [0.717, 1.165) is 5.39 Å². The summed E-state index contributed by atoms with van der Waals surface area (Å²) in [5.41, 5.74) is 0.0922. The Morgan fingerprint density at radius 2 is 2.00 bits per heavy atom. The van der Waals surface area contributed by atoms with Gasteiger partial charge in [-0.05, 0) is 32.9 Å². The Morgan fingerprint density at radius 1 is 1.35 bits per heavy atom. The predicted molar refractivity (Wildman–Crippen MR) is 65.8 cm³/mol. The van der Waals surface area contributed by atoms with Crippen molar-refractivity contribution in [1.82, 2.24) is 9.94 Å². The van der Waals surface area contributed by atoms with Crippen molar-refractivity contribution in [1.29, 1.82) is 0 Å². The number of benzene rings is 1. The Labute approximate surface area is 104 Å². The zero-order valence-corrected chi connectivity index (χ0v) is 10.7. The van der Waals surface area contributed by atoms with Crippen LogP contribution in [0.1, 0.15) is 20.8 Å². The molecule has 1 aromatic carbocycles. The van der Waals surface area contributed by atoms with Crippen LogP contribution in [0.25, 0.3) is 10.9 Å². The first-order valence-electron chi connectivity index (χ1n) is 5.25. The van der Waals surface area contributed by atoms with E-state index in [1.54, 1.807) is 26.8 Å². The molecule has 0 radical (unpaired) electrons. The van der Waals surface area contributed by atoms with Crippen molar-refractivity contribution in [3.05, 3.63) is 29.4 Å². The maximum absolute atomic E-state index is 11.8. The second kappa shape index (κ2) is 4.04. The number of nitrogens with zero attached hydrogens (tertiary/aromatic N) is 2. The highest BCUT2D eigenvalue weighted by Crippen LogP contribution is 2.22. The van der Waals surface area contributed by atoms with Gasteiger partial charge in [0.25, 0.3) is 0 Å². The van der Waals surface area contributed by atoms with Crippen LogP contribution in [0.15, 0.2) is 24.3 Å². The molecule has 0 spiro atoms. The van der Waals surface area contributed by atoms with Gasteiger partial charge in [0.15, 0.2) is 5.15 Å². The molecule has 0 saturated carbocycles. The van der Waals surface area contributed by atoms with Crippen molar-refractivity contribution >= 4 is 28.5 Å². The summed E-state index contributed by atoms with van der Waals surface area (Å²) in [5, 5.41) is 5.06. The van der Waals surface area contributed by atoms with Gasteiger partial charge in [0.1, 0.15) is 5.52 Å². The molecule has 4 nitrogen and oxygen atoms in total. The third kappa shape index (κ3) is 2.26. The summed E-state index contributed by atoms with van der Waals surface area (Å²) in [6.07, 6.45) is 0. The van der Waals surface area contributed by atoms with Gasteiger partial charge >= 0.3 is 5.97 Å². The second-order valence-corrected chi connectivity index (χ2v) is 5.17. The Kier molecular flexibility index (Phi) is 2.83. The molecule has 0 N–H and O–H groups in total. The van der Waals surface area contributed by atoms with E-state index in [2.05, 4.69) is 5.10 Å². The van der Waals surface area contributed by atoms with Gasteiger partial charge in [0.2, 0.25) is 0 Å². The van der Waals surface area contributed by atoms with E-state index < -0.39 is 5.41 Å². The van der Waals surface area contributed by atoms with Crippen LogP contribution in [0.2, 0.25) is 5.15 Å². The first kappa shape index (κ1) is 11.9. The van der Waals surface area contributed by atoms with E-state index >= 15 is 0 Å². The molecule has 2 aromatic rings. The third-order valence-electron chi connectivity index (χ3n) is 2.29. The summed E-state index contributed by atoms with van der Waals surface area (Å²) < 4.78 is 0. The van der Waals surface area contributed by atoms with Crippen LogP contribution in [-0.2, 0) is 4.79 Å². The zero-order chi connectivity index (χ0) is 12.6. The van der Waals surface area contributed by atoms with E-state index in [4.69, 9.17) is 16.4 Å². The highest BCUT2D eigenvalue weighted by atomic mass is 35.5. The SMILES string of the molecule is CC(C)(C)C(=O)On1nc(Cl)c2ccccc21. The van der Waals surface area contributed by atoms with Gasteiger partial charge < -0.3 is 4.84 Å². The Bertz CT molecular complexity index is 569. The van der Waals surface area contributed by atoms with Crippen LogP contribution in [0, 0.1) is 5.41 Å². The molecule has 2 rings (SSSR count). The number of rotatable bonds is 1. The molecular formula is C12H13ClN2O2. The number of fused-ring (bicyclic) bond motifs is 1. The molecular weight excluding hydrogens is 240 g/mol. The van der Waals surface area contributed by atoms with Crippen LogP contribution in [0.4, 0.5) is 0 Å². The maximum Gasteiger partial charge on any atom is 0.340 e. The molecule has 0 aliphatic heterocycles. The highest BCUT2D eigenvalue weighted by Gasteiger charge is 2.25. The molecule has 0 atom stereocenters. The van der Waals surface area contributed by atoms with Crippen LogP contribution in [-0.4, -0.2) is 15.9 Å². The molecule has 1 aromatic heterocycles. The van der Waals surface area contributed by atoms with E-state index in [9.17, 15) is 4.79 Å². The number of hydrogen-bond donors (Lipinski definition) is 0. The molecule has 0 unspecified atom stereocenters. The fourth-order valence-electron chi connectivity index (χ4n) is 1.29. The predicted octanol–water partition coefficient (Wildman–Crippen LogP) is 2.69. The molecule has 0 saturated heterocycles.